The smallest absolute Gasteiger partial charge is 0.148 e. The highest BCUT2D eigenvalue weighted by molar-refractivity contribution is 5.40. The lowest BCUT2D eigenvalue weighted by atomic mass is 10.2. The topological polar surface area (TPSA) is 56.3 Å². The van der Waals surface area contributed by atoms with Gasteiger partial charge in [-0.3, -0.25) is 4.98 Å². The van der Waals surface area contributed by atoms with Gasteiger partial charge in [-0.1, -0.05) is 13.8 Å². The molecule has 0 radical (unpaired) electrons. The Bertz CT molecular complexity index is 358. The van der Waals surface area contributed by atoms with Crippen molar-refractivity contribution in [2.24, 2.45) is 0 Å². The second-order valence-electron chi connectivity index (χ2n) is 4.06. The maximum absolute atomic E-state index is 5.31. The molecule has 0 aromatic carbocycles. The Balaban J connectivity index is 2.69. The molecule has 0 saturated carbocycles. The van der Waals surface area contributed by atoms with Gasteiger partial charge in [-0.25, -0.2) is 4.98 Å². The molecular formula is C13H23N3O2. The van der Waals surface area contributed by atoms with Gasteiger partial charge in [-0.15, -0.1) is 0 Å². The molecule has 102 valence electrons. The first kappa shape index (κ1) is 14.9. The van der Waals surface area contributed by atoms with E-state index >= 15 is 0 Å². The summed E-state index contributed by atoms with van der Waals surface area (Å²) in [6.45, 7) is 5.37. The van der Waals surface area contributed by atoms with Crippen LogP contribution in [0.4, 0.5) is 5.82 Å². The Morgan fingerprint density at radius 3 is 2.61 bits per heavy atom. The van der Waals surface area contributed by atoms with Crippen LogP contribution in [0.25, 0.3) is 0 Å². The standard InChI is InChI=1S/C13H23N3O2/c1-5-10-7-14-12(6-2)13(16-10)15-8-11(18-4)9-17-3/h7,11H,5-6,8-9H2,1-4H3,(H,15,16). The summed E-state index contributed by atoms with van der Waals surface area (Å²) in [5.74, 6) is 0.856. The van der Waals surface area contributed by atoms with Crippen molar-refractivity contribution in [2.45, 2.75) is 32.8 Å². The molecule has 1 heterocycles. The van der Waals surface area contributed by atoms with Gasteiger partial charge in [0.2, 0.25) is 0 Å². The largest absolute Gasteiger partial charge is 0.382 e. The van der Waals surface area contributed by atoms with Crippen molar-refractivity contribution in [2.75, 3.05) is 32.7 Å². The van der Waals surface area contributed by atoms with Gasteiger partial charge in [0, 0.05) is 27.0 Å². The monoisotopic (exact) mass is 253 g/mol. The van der Waals surface area contributed by atoms with Crippen LogP contribution < -0.4 is 5.32 Å². The minimum absolute atomic E-state index is 0.0202. The average Bonchev–Trinajstić information content (AvgIpc) is 2.43. The normalized spacial score (nSPS) is 12.4. The quantitative estimate of drug-likeness (QED) is 0.764. The predicted octanol–water partition coefficient (Wildman–Crippen LogP) is 1.67. The molecule has 0 spiro atoms. The summed E-state index contributed by atoms with van der Waals surface area (Å²) in [6, 6.07) is 0. The first-order chi connectivity index (χ1) is 8.74. The van der Waals surface area contributed by atoms with Gasteiger partial charge in [-0.05, 0) is 12.8 Å². The van der Waals surface area contributed by atoms with E-state index in [1.165, 1.54) is 0 Å². The number of hydrogen-bond donors (Lipinski definition) is 1. The lowest BCUT2D eigenvalue weighted by molar-refractivity contribution is 0.0365. The van der Waals surface area contributed by atoms with Crippen molar-refractivity contribution >= 4 is 5.82 Å². The molecule has 1 N–H and O–H groups in total. The summed E-state index contributed by atoms with van der Waals surface area (Å²) in [6.07, 6.45) is 3.61. The minimum Gasteiger partial charge on any atom is -0.382 e. The summed E-state index contributed by atoms with van der Waals surface area (Å²) < 4.78 is 10.4. The second-order valence-corrected chi connectivity index (χ2v) is 4.06. The van der Waals surface area contributed by atoms with Gasteiger partial charge in [0.15, 0.2) is 0 Å². The lowest BCUT2D eigenvalue weighted by Crippen LogP contribution is -2.27. The molecule has 0 aliphatic rings. The van der Waals surface area contributed by atoms with E-state index in [9.17, 15) is 0 Å². The van der Waals surface area contributed by atoms with E-state index in [0.717, 1.165) is 30.0 Å². The summed E-state index contributed by atoms with van der Waals surface area (Å²) in [7, 11) is 3.35. The predicted molar refractivity (Wildman–Crippen MR) is 72.0 cm³/mol. The molecule has 0 saturated heterocycles. The fraction of sp³-hybridized carbons (Fsp3) is 0.692. The highest BCUT2D eigenvalue weighted by Gasteiger charge is 2.10. The molecule has 1 unspecified atom stereocenters. The number of anilines is 1. The molecule has 5 nitrogen and oxygen atoms in total. The van der Waals surface area contributed by atoms with Gasteiger partial charge in [-0.2, -0.15) is 0 Å². The summed E-state index contributed by atoms with van der Waals surface area (Å²) in [5, 5.41) is 3.30. The van der Waals surface area contributed by atoms with Gasteiger partial charge in [0.25, 0.3) is 0 Å². The highest BCUT2D eigenvalue weighted by Crippen LogP contribution is 2.12. The molecular weight excluding hydrogens is 230 g/mol. The molecule has 18 heavy (non-hydrogen) atoms. The Morgan fingerprint density at radius 1 is 1.28 bits per heavy atom. The number of rotatable bonds is 8. The number of hydrogen-bond acceptors (Lipinski definition) is 5. The van der Waals surface area contributed by atoms with E-state index in [1.54, 1.807) is 14.2 Å². The van der Waals surface area contributed by atoms with Gasteiger partial charge >= 0.3 is 0 Å². The molecule has 0 amide bonds. The van der Waals surface area contributed by atoms with Crippen LogP contribution in [0.3, 0.4) is 0 Å². The van der Waals surface area contributed by atoms with Crippen molar-refractivity contribution in [1.82, 2.24) is 9.97 Å². The van der Waals surface area contributed by atoms with Crippen LogP contribution in [-0.4, -0.2) is 43.4 Å². The third-order valence-electron chi connectivity index (χ3n) is 2.78. The molecule has 1 atom stereocenters. The third-order valence-corrected chi connectivity index (χ3v) is 2.78. The summed E-state index contributed by atoms with van der Waals surface area (Å²) in [4.78, 5) is 8.98. The maximum atomic E-state index is 5.31. The lowest BCUT2D eigenvalue weighted by Gasteiger charge is -2.16. The van der Waals surface area contributed by atoms with E-state index in [2.05, 4.69) is 29.1 Å². The van der Waals surface area contributed by atoms with Gasteiger partial charge < -0.3 is 14.8 Å². The van der Waals surface area contributed by atoms with E-state index < -0.39 is 0 Å². The summed E-state index contributed by atoms with van der Waals surface area (Å²) >= 11 is 0. The molecule has 1 aromatic heterocycles. The Kier molecular flexibility index (Phi) is 6.60. The molecule has 1 aromatic rings. The van der Waals surface area contributed by atoms with Crippen LogP contribution in [-0.2, 0) is 22.3 Å². The number of nitrogens with zero attached hydrogens (tertiary/aromatic N) is 2. The molecule has 0 bridgehead atoms. The van der Waals surface area contributed by atoms with Crippen molar-refractivity contribution in [3.05, 3.63) is 17.6 Å². The van der Waals surface area contributed by atoms with Crippen LogP contribution >= 0.6 is 0 Å². The van der Waals surface area contributed by atoms with E-state index in [0.29, 0.717) is 13.2 Å². The Labute approximate surface area is 109 Å². The van der Waals surface area contributed by atoms with E-state index in [-0.39, 0.29) is 6.10 Å². The molecule has 5 heteroatoms. The SMILES string of the molecule is CCc1cnc(CC)c(NCC(COC)OC)n1. The third kappa shape index (κ3) is 4.23. The molecule has 0 fully saturated rings. The Morgan fingerprint density at radius 2 is 2.06 bits per heavy atom. The van der Waals surface area contributed by atoms with Crippen molar-refractivity contribution in [3.63, 3.8) is 0 Å². The zero-order valence-electron chi connectivity index (χ0n) is 11.7. The van der Waals surface area contributed by atoms with Crippen LogP contribution in [0, 0.1) is 0 Å². The van der Waals surface area contributed by atoms with Gasteiger partial charge in [0.05, 0.1) is 24.1 Å². The molecule has 0 aliphatic heterocycles. The van der Waals surface area contributed by atoms with E-state index in [1.807, 2.05) is 6.20 Å². The minimum atomic E-state index is 0.0202. The van der Waals surface area contributed by atoms with Crippen molar-refractivity contribution in [1.29, 1.82) is 0 Å². The average molecular weight is 253 g/mol. The van der Waals surface area contributed by atoms with Crippen molar-refractivity contribution < 1.29 is 9.47 Å². The van der Waals surface area contributed by atoms with Gasteiger partial charge in [0.1, 0.15) is 5.82 Å². The first-order valence-electron chi connectivity index (χ1n) is 6.35. The highest BCUT2D eigenvalue weighted by atomic mass is 16.5. The zero-order chi connectivity index (χ0) is 13.4. The summed E-state index contributed by atoms with van der Waals surface area (Å²) in [5.41, 5.74) is 1.98. The van der Waals surface area contributed by atoms with Crippen LogP contribution in [0.5, 0.6) is 0 Å². The number of aromatic nitrogens is 2. The fourth-order valence-corrected chi connectivity index (χ4v) is 1.63. The second kappa shape index (κ2) is 8.00. The van der Waals surface area contributed by atoms with Crippen molar-refractivity contribution in [3.8, 4) is 0 Å². The van der Waals surface area contributed by atoms with E-state index in [4.69, 9.17) is 9.47 Å². The maximum Gasteiger partial charge on any atom is 0.148 e. The zero-order valence-corrected chi connectivity index (χ0v) is 11.7. The first-order valence-corrected chi connectivity index (χ1v) is 6.35. The molecule has 1 rings (SSSR count). The van der Waals surface area contributed by atoms with Crippen LogP contribution in [0.1, 0.15) is 25.2 Å². The fourth-order valence-electron chi connectivity index (χ4n) is 1.63. The number of aryl methyl sites for hydroxylation is 2. The molecule has 0 aliphatic carbocycles. The van der Waals surface area contributed by atoms with Crippen LogP contribution in [0.15, 0.2) is 6.20 Å². The number of methoxy groups -OCH3 is 2. The number of ether oxygens (including phenoxy) is 2. The Hall–Kier alpha value is -1.20. The van der Waals surface area contributed by atoms with Crippen LogP contribution in [0.2, 0.25) is 0 Å². The number of nitrogens with one attached hydrogen (secondary N) is 1.